The van der Waals surface area contributed by atoms with Crippen LogP contribution >= 0.6 is 0 Å². The molecule has 0 aliphatic heterocycles. The molecule has 0 radical (unpaired) electrons. The van der Waals surface area contributed by atoms with Crippen LogP contribution in [0.2, 0.25) is 0 Å². The van der Waals surface area contributed by atoms with Crippen LogP contribution in [-0.4, -0.2) is 19.3 Å². The molecule has 0 unspecified atom stereocenters. The minimum Gasteiger partial charge on any atom is -0.460 e. The Hall–Kier alpha value is -1.65. The van der Waals surface area contributed by atoms with E-state index in [1.165, 1.54) is 12.1 Å². The highest BCUT2D eigenvalue weighted by atomic mass is 19.1. The molecular weight excluding hydrogens is 269 g/mol. The molecule has 0 amide bonds. The fraction of sp³-hybridized carbons (Fsp3) is 0.412. The molecule has 1 aromatic carbocycles. The number of hydrogen-bond acceptors (Lipinski definition) is 3. The molecule has 3 nitrogen and oxygen atoms in total. The second-order valence-corrected chi connectivity index (χ2v) is 5.22. The smallest absolute Gasteiger partial charge is 0.134 e. The molecule has 21 heavy (non-hydrogen) atoms. The lowest BCUT2D eigenvalue weighted by Gasteiger charge is -2.07. The SMILES string of the molecule is CC(C)OCCCNCc1ccc(-c2ccc(F)cc2)o1. The van der Waals surface area contributed by atoms with E-state index in [0.717, 1.165) is 36.7 Å². The maximum absolute atomic E-state index is 12.9. The minimum atomic E-state index is -0.240. The Labute approximate surface area is 125 Å². The first kappa shape index (κ1) is 15.7. The Morgan fingerprint density at radius 2 is 1.90 bits per heavy atom. The molecule has 1 aromatic heterocycles. The first-order chi connectivity index (χ1) is 10.1. The van der Waals surface area contributed by atoms with Gasteiger partial charge in [0.1, 0.15) is 17.3 Å². The van der Waals surface area contributed by atoms with Crippen molar-refractivity contribution in [2.24, 2.45) is 0 Å². The van der Waals surface area contributed by atoms with Gasteiger partial charge in [0.25, 0.3) is 0 Å². The van der Waals surface area contributed by atoms with Crippen molar-refractivity contribution < 1.29 is 13.5 Å². The van der Waals surface area contributed by atoms with Gasteiger partial charge in [-0.2, -0.15) is 0 Å². The van der Waals surface area contributed by atoms with Crippen molar-refractivity contribution in [3.63, 3.8) is 0 Å². The quantitative estimate of drug-likeness (QED) is 0.747. The average Bonchev–Trinajstić information content (AvgIpc) is 2.92. The van der Waals surface area contributed by atoms with Crippen molar-refractivity contribution in [1.82, 2.24) is 5.32 Å². The van der Waals surface area contributed by atoms with E-state index in [4.69, 9.17) is 9.15 Å². The van der Waals surface area contributed by atoms with Gasteiger partial charge in [-0.25, -0.2) is 4.39 Å². The predicted octanol–water partition coefficient (Wildman–Crippen LogP) is 3.99. The Bertz CT molecular complexity index is 534. The van der Waals surface area contributed by atoms with Gasteiger partial charge in [0.2, 0.25) is 0 Å². The van der Waals surface area contributed by atoms with Crippen LogP contribution in [0.15, 0.2) is 40.8 Å². The van der Waals surface area contributed by atoms with E-state index in [-0.39, 0.29) is 11.9 Å². The van der Waals surface area contributed by atoms with Crippen LogP contribution in [0.1, 0.15) is 26.0 Å². The van der Waals surface area contributed by atoms with Crippen LogP contribution in [0.5, 0.6) is 0 Å². The summed E-state index contributed by atoms with van der Waals surface area (Å²) in [5.74, 6) is 1.39. The van der Waals surface area contributed by atoms with Gasteiger partial charge in [-0.3, -0.25) is 0 Å². The zero-order chi connectivity index (χ0) is 15.1. The van der Waals surface area contributed by atoms with E-state index in [1.807, 2.05) is 26.0 Å². The maximum atomic E-state index is 12.9. The highest BCUT2D eigenvalue weighted by Crippen LogP contribution is 2.22. The van der Waals surface area contributed by atoms with E-state index in [0.29, 0.717) is 6.54 Å². The number of furan rings is 1. The summed E-state index contributed by atoms with van der Waals surface area (Å²) in [6.45, 7) is 6.41. The third-order valence-corrected chi connectivity index (χ3v) is 3.04. The molecule has 0 fully saturated rings. The van der Waals surface area contributed by atoms with Crippen molar-refractivity contribution >= 4 is 0 Å². The van der Waals surface area contributed by atoms with E-state index in [1.54, 1.807) is 12.1 Å². The molecule has 4 heteroatoms. The van der Waals surface area contributed by atoms with Crippen LogP contribution in [0.4, 0.5) is 4.39 Å². The lowest BCUT2D eigenvalue weighted by molar-refractivity contribution is 0.0770. The summed E-state index contributed by atoms with van der Waals surface area (Å²) in [5.41, 5.74) is 0.882. The maximum Gasteiger partial charge on any atom is 0.134 e. The van der Waals surface area contributed by atoms with Gasteiger partial charge in [0.15, 0.2) is 0 Å². The Kier molecular flexibility index (Phi) is 5.96. The summed E-state index contributed by atoms with van der Waals surface area (Å²) < 4.78 is 24.1. The monoisotopic (exact) mass is 291 g/mol. The van der Waals surface area contributed by atoms with Crippen molar-refractivity contribution in [2.45, 2.75) is 32.9 Å². The van der Waals surface area contributed by atoms with Crippen LogP contribution in [-0.2, 0) is 11.3 Å². The van der Waals surface area contributed by atoms with Crippen LogP contribution in [0.3, 0.4) is 0 Å². The third kappa shape index (κ3) is 5.33. The zero-order valence-electron chi connectivity index (χ0n) is 12.6. The first-order valence-electron chi connectivity index (χ1n) is 7.32. The molecule has 2 aromatic rings. The van der Waals surface area contributed by atoms with Gasteiger partial charge >= 0.3 is 0 Å². The molecule has 0 saturated heterocycles. The molecular formula is C17H22FNO2. The van der Waals surface area contributed by atoms with Gasteiger partial charge in [-0.1, -0.05) is 0 Å². The summed E-state index contributed by atoms with van der Waals surface area (Å²) >= 11 is 0. The largest absolute Gasteiger partial charge is 0.460 e. The van der Waals surface area contributed by atoms with Gasteiger partial charge in [0, 0.05) is 12.2 Å². The van der Waals surface area contributed by atoms with E-state index >= 15 is 0 Å². The van der Waals surface area contributed by atoms with Crippen molar-refractivity contribution in [3.05, 3.63) is 48.0 Å². The van der Waals surface area contributed by atoms with E-state index in [9.17, 15) is 4.39 Å². The van der Waals surface area contributed by atoms with Gasteiger partial charge in [-0.15, -0.1) is 0 Å². The van der Waals surface area contributed by atoms with Gasteiger partial charge < -0.3 is 14.5 Å². The van der Waals surface area contributed by atoms with Crippen molar-refractivity contribution in [3.8, 4) is 11.3 Å². The molecule has 0 atom stereocenters. The Morgan fingerprint density at radius 3 is 2.62 bits per heavy atom. The Balaban J connectivity index is 1.74. The molecule has 2 rings (SSSR count). The highest BCUT2D eigenvalue weighted by molar-refractivity contribution is 5.57. The average molecular weight is 291 g/mol. The Morgan fingerprint density at radius 1 is 1.14 bits per heavy atom. The fourth-order valence-electron chi connectivity index (χ4n) is 1.97. The number of hydrogen-bond donors (Lipinski definition) is 1. The molecule has 0 aliphatic carbocycles. The van der Waals surface area contributed by atoms with E-state index in [2.05, 4.69) is 5.32 Å². The molecule has 114 valence electrons. The summed E-state index contributed by atoms with van der Waals surface area (Å²) in [4.78, 5) is 0. The highest BCUT2D eigenvalue weighted by Gasteiger charge is 2.04. The van der Waals surface area contributed by atoms with Crippen molar-refractivity contribution in [1.29, 1.82) is 0 Å². The minimum absolute atomic E-state index is 0.240. The van der Waals surface area contributed by atoms with Crippen LogP contribution in [0.25, 0.3) is 11.3 Å². The molecule has 0 saturated carbocycles. The zero-order valence-corrected chi connectivity index (χ0v) is 12.6. The normalized spacial score (nSPS) is 11.2. The molecule has 0 bridgehead atoms. The standard InChI is InChI=1S/C17H22FNO2/c1-13(2)20-11-3-10-19-12-16-8-9-17(21-16)14-4-6-15(18)7-5-14/h4-9,13,19H,3,10-12H2,1-2H3. The molecule has 1 N–H and O–H groups in total. The molecule has 0 aliphatic rings. The number of rotatable bonds is 8. The lowest BCUT2D eigenvalue weighted by Crippen LogP contribution is -2.17. The van der Waals surface area contributed by atoms with Gasteiger partial charge in [0.05, 0.1) is 12.6 Å². The first-order valence-corrected chi connectivity index (χ1v) is 7.32. The summed E-state index contributed by atoms with van der Waals surface area (Å²) in [5, 5.41) is 3.32. The topological polar surface area (TPSA) is 34.4 Å². The second-order valence-electron chi connectivity index (χ2n) is 5.22. The summed E-state index contributed by atoms with van der Waals surface area (Å²) in [6.07, 6.45) is 1.26. The van der Waals surface area contributed by atoms with E-state index < -0.39 is 0 Å². The predicted molar refractivity (Wildman–Crippen MR) is 81.5 cm³/mol. The number of halogens is 1. The molecule has 0 spiro atoms. The summed E-state index contributed by atoms with van der Waals surface area (Å²) in [7, 11) is 0. The van der Waals surface area contributed by atoms with Gasteiger partial charge in [-0.05, 0) is 63.2 Å². The fourth-order valence-corrected chi connectivity index (χ4v) is 1.97. The number of nitrogens with one attached hydrogen (secondary N) is 1. The van der Waals surface area contributed by atoms with Crippen molar-refractivity contribution in [2.75, 3.05) is 13.2 Å². The van der Waals surface area contributed by atoms with Crippen LogP contribution in [0, 0.1) is 5.82 Å². The van der Waals surface area contributed by atoms with Crippen LogP contribution < -0.4 is 5.32 Å². The summed E-state index contributed by atoms with van der Waals surface area (Å²) in [6, 6.07) is 10.2. The number of benzene rings is 1. The lowest BCUT2D eigenvalue weighted by atomic mass is 10.2. The second kappa shape index (κ2) is 7.96. The third-order valence-electron chi connectivity index (χ3n) is 3.04. The molecule has 1 heterocycles. The number of ether oxygens (including phenoxy) is 1.